The lowest BCUT2D eigenvalue weighted by molar-refractivity contribution is -0.387. The van der Waals surface area contributed by atoms with Crippen LogP contribution in [0.15, 0.2) is 24.8 Å². The highest BCUT2D eigenvalue weighted by molar-refractivity contribution is 5.52. The number of nitro groups is 1. The standard InChI is InChI=1S/C8H4F2N4O2/c9-5-1-6(10)8(14(15)16)7(2-5)13-4-11-3-12-13/h1-4H. The maximum atomic E-state index is 13.2. The fourth-order valence-corrected chi connectivity index (χ4v) is 1.24. The van der Waals surface area contributed by atoms with Crippen molar-refractivity contribution in [2.45, 2.75) is 0 Å². The molecule has 16 heavy (non-hydrogen) atoms. The lowest BCUT2D eigenvalue weighted by Gasteiger charge is -2.02. The number of benzene rings is 1. The highest BCUT2D eigenvalue weighted by Gasteiger charge is 2.23. The second kappa shape index (κ2) is 3.65. The minimum absolute atomic E-state index is 0.306. The van der Waals surface area contributed by atoms with Crippen LogP contribution < -0.4 is 0 Å². The number of nitro benzene ring substituents is 1. The van der Waals surface area contributed by atoms with Crippen LogP contribution in [0.1, 0.15) is 0 Å². The van der Waals surface area contributed by atoms with Crippen molar-refractivity contribution in [2.24, 2.45) is 0 Å². The van der Waals surface area contributed by atoms with Crippen molar-refractivity contribution >= 4 is 5.69 Å². The van der Waals surface area contributed by atoms with Crippen molar-refractivity contribution in [1.82, 2.24) is 14.8 Å². The Morgan fingerprint density at radius 1 is 1.38 bits per heavy atom. The van der Waals surface area contributed by atoms with Crippen LogP contribution in [0.25, 0.3) is 5.69 Å². The molecule has 0 aliphatic rings. The average Bonchev–Trinajstić information content (AvgIpc) is 2.67. The van der Waals surface area contributed by atoms with Gasteiger partial charge < -0.3 is 0 Å². The summed E-state index contributed by atoms with van der Waals surface area (Å²) in [6.07, 6.45) is 2.22. The van der Waals surface area contributed by atoms with Crippen molar-refractivity contribution in [3.8, 4) is 5.69 Å². The van der Waals surface area contributed by atoms with Crippen LogP contribution >= 0.6 is 0 Å². The van der Waals surface area contributed by atoms with Crippen molar-refractivity contribution in [1.29, 1.82) is 0 Å². The first-order chi connectivity index (χ1) is 7.59. The zero-order valence-corrected chi connectivity index (χ0v) is 7.67. The summed E-state index contributed by atoms with van der Waals surface area (Å²) < 4.78 is 27.1. The van der Waals surface area contributed by atoms with Gasteiger partial charge in [-0.2, -0.15) is 9.49 Å². The summed E-state index contributed by atoms with van der Waals surface area (Å²) in [4.78, 5) is 13.2. The molecular formula is C8H4F2N4O2. The Hall–Kier alpha value is -2.38. The molecule has 1 aromatic heterocycles. The van der Waals surface area contributed by atoms with Gasteiger partial charge in [-0.15, -0.1) is 0 Å². The normalized spacial score (nSPS) is 10.4. The Morgan fingerprint density at radius 3 is 2.69 bits per heavy atom. The zero-order valence-electron chi connectivity index (χ0n) is 7.67. The van der Waals surface area contributed by atoms with E-state index >= 15 is 0 Å². The Kier molecular flexibility index (Phi) is 2.31. The maximum absolute atomic E-state index is 13.2. The molecule has 1 aromatic carbocycles. The molecule has 2 aromatic rings. The summed E-state index contributed by atoms with van der Waals surface area (Å²) in [5.74, 6) is -2.18. The third-order valence-electron chi connectivity index (χ3n) is 1.86. The highest BCUT2D eigenvalue weighted by atomic mass is 19.1. The fourth-order valence-electron chi connectivity index (χ4n) is 1.24. The van der Waals surface area contributed by atoms with E-state index in [2.05, 4.69) is 10.1 Å². The molecule has 0 aliphatic carbocycles. The third-order valence-corrected chi connectivity index (χ3v) is 1.86. The van der Waals surface area contributed by atoms with Crippen LogP contribution in [0.2, 0.25) is 0 Å². The van der Waals surface area contributed by atoms with Gasteiger partial charge >= 0.3 is 5.69 Å². The van der Waals surface area contributed by atoms with Gasteiger partial charge in [0.1, 0.15) is 18.5 Å². The summed E-state index contributed by atoms with van der Waals surface area (Å²) in [5, 5.41) is 14.2. The third kappa shape index (κ3) is 1.60. The topological polar surface area (TPSA) is 73.8 Å². The van der Waals surface area contributed by atoms with Crippen LogP contribution in [0.3, 0.4) is 0 Å². The summed E-state index contributed by atoms with van der Waals surface area (Å²) in [5.41, 5.74) is -1.15. The largest absolute Gasteiger partial charge is 0.330 e. The van der Waals surface area contributed by atoms with Crippen LogP contribution in [-0.2, 0) is 0 Å². The minimum atomic E-state index is -1.25. The van der Waals surface area contributed by atoms with Gasteiger partial charge in [0, 0.05) is 12.1 Å². The van der Waals surface area contributed by atoms with Gasteiger partial charge in [-0.1, -0.05) is 0 Å². The molecule has 0 unspecified atom stereocenters. The molecule has 0 radical (unpaired) electrons. The summed E-state index contributed by atoms with van der Waals surface area (Å²) in [6, 6.07) is 1.26. The zero-order chi connectivity index (χ0) is 11.7. The first kappa shape index (κ1) is 10.1. The number of rotatable bonds is 2. The van der Waals surface area contributed by atoms with E-state index in [0.717, 1.165) is 23.4 Å². The molecule has 1 heterocycles. The Morgan fingerprint density at radius 2 is 2.12 bits per heavy atom. The summed E-state index contributed by atoms with van der Waals surface area (Å²) in [7, 11) is 0. The van der Waals surface area contributed by atoms with Crippen LogP contribution in [0, 0.1) is 21.7 Å². The van der Waals surface area contributed by atoms with E-state index in [1.165, 1.54) is 0 Å². The van der Waals surface area contributed by atoms with Crippen molar-refractivity contribution in [3.05, 3.63) is 46.5 Å². The molecule has 0 amide bonds. The van der Waals surface area contributed by atoms with Crippen molar-refractivity contribution < 1.29 is 13.7 Å². The van der Waals surface area contributed by atoms with Gasteiger partial charge in [0.2, 0.25) is 5.82 Å². The second-order valence-corrected chi connectivity index (χ2v) is 2.85. The van der Waals surface area contributed by atoms with Gasteiger partial charge in [0.05, 0.1) is 4.92 Å². The van der Waals surface area contributed by atoms with Gasteiger partial charge in [-0.05, 0) is 0 Å². The summed E-state index contributed by atoms with van der Waals surface area (Å²) >= 11 is 0. The summed E-state index contributed by atoms with van der Waals surface area (Å²) in [6.45, 7) is 0. The second-order valence-electron chi connectivity index (χ2n) is 2.85. The van der Waals surface area contributed by atoms with Gasteiger partial charge in [-0.25, -0.2) is 14.1 Å². The molecule has 8 heteroatoms. The van der Waals surface area contributed by atoms with E-state index in [9.17, 15) is 18.9 Å². The number of aromatic nitrogens is 3. The number of hydrogen-bond donors (Lipinski definition) is 0. The van der Waals surface area contributed by atoms with E-state index in [-0.39, 0.29) is 5.69 Å². The predicted molar refractivity (Wildman–Crippen MR) is 47.9 cm³/mol. The first-order valence-corrected chi connectivity index (χ1v) is 4.08. The minimum Gasteiger partial charge on any atom is -0.258 e. The molecule has 0 atom stereocenters. The SMILES string of the molecule is O=[N+]([O-])c1c(F)cc(F)cc1-n1cncn1. The first-order valence-electron chi connectivity index (χ1n) is 4.08. The van der Waals surface area contributed by atoms with Crippen molar-refractivity contribution in [2.75, 3.05) is 0 Å². The maximum Gasteiger partial charge on any atom is 0.330 e. The average molecular weight is 226 g/mol. The van der Waals surface area contributed by atoms with E-state index in [0.29, 0.717) is 6.07 Å². The van der Waals surface area contributed by atoms with E-state index in [1.54, 1.807) is 0 Å². The molecule has 0 N–H and O–H groups in total. The number of halogens is 2. The van der Waals surface area contributed by atoms with Gasteiger partial charge in [-0.3, -0.25) is 10.1 Å². The Bertz CT molecular complexity index is 541. The number of nitrogens with zero attached hydrogens (tertiary/aromatic N) is 4. The monoisotopic (exact) mass is 226 g/mol. The van der Waals surface area contributed by atoms with E-state index in [1.807, 2.05) is 0 Å². The fraction of sp³-hybridized carbons (Fsp3) is 0. The van der Waals surface area contributed by atoms with Crippen LogP contribution in [-0.4, -0.2) is 19.7 Å². The van der Waals surface area contributed by atoms with Gasteiger partial charge in [0.15, 0.2) is 5.69 Å². The number of hydrogen-bond acceptors (Lipinski definition) is 4. The molecular weight excluding hydrogens is 222 g/mol. The Balaban J connectivity index is 2.72. The molecule has 0 aliphatic heterocycles. The molecule has 0 saturated heterocycles. The molecule has 82 valence electrons. The molecule has 0 bridgehead atoms. The van der Waals surface area contributed by atoms with E-state index < -0.39 is 22.2 Å². The molecule has 2 rings (SSSR count). The quantitative estimate of drug-likeness (QED) is 0.573. The predicted octanol–water partition coefficient (Wildman–Crippen LogP) is 1.45. The Labute approximate surface area is 87.3 Å². The molecule has 6 nitrogen and oxygen atoms in total. The molecule has 0 fully saturated rings. The van der Waals surface area contributed by atoms with Crippen LogP contribution in [0.4, 0.5) is 14.5 Å². The van der Waals surface area contributed by atoms with Gasteiger partial charge in [0.25, 0.3) is 0 Å². The van der Waals surface area contributed by atoms with E-state index in [4.69, 9.17) is 0 Å². The van der Waals surface area contributed by atoms with Crippen molar-refractivity contribution in [3.63, 3.8) is 0 Å². The highest BCUT2D eigenvalue weighted by Crippen LogP contribution is 2.26. The van der Waals surface area contributed by atoms with Crippen LogP contribution in [0.5, 0.6) is 0 Å². The lowest BCUT2D eigenvalue weighted by Crippen LogP contribution is -2.04. The molecule has 0 saturated carbocycles. The molecule has 0 spiro atoms. The lowest BCUT2D eigenvalue weighted by atomic mass is 10.2. The smallest absolute Gasteiger partial charge is 0.258 e.